The van der Waals surface area contributed by atoms with Gasteiger partial charge in [0, 0.05) is 32.0 Å². The average molecular weight is 384 g/mol. The van der Waals surface area contributed by atoms with Crippen molar-refractivity contribution in [2.75, 3.05) is 33.3 Å². The lowest BCUT2D eigenvalue weighted by atomic mass is 10.1. The van der Waals surface area contributed by atoms with Gasteiger partial charge in [-0.1, -0.05) is 18.6 Å². The summed E-state index contributed by atoms with van der Waals surface area (Å²) in [5, 5.41) is 10.2. The molecule has 28 heavy (non-hydrogen) atoms. The molecule has 1 saturated heterocycles. The molecule has 0 aliphatic carbocycles. The van der Waals surface area contributed by atoms with E-state index in [9.17, 15) is 5.11 Å². The van der Waals surface area contributed by atoms with E-state index in [2.05, 4.69) is 47.0 Å². The number of pyridine rings is 1. The van der Waals surface area contributed by atoms with Gasteiger partial charge in [0.05, 0.1) is 0 Å². The molecule has 2 heterocycles. The van der Waals surface area contributed by atoms with Crippen LogP contribution in [0.25, 0.3) is 0 Å². The number of aliphatic hydroxyl groups is 1. The van der Waals surface area contributed by atoms with Crippen LogP contribution >= 0.6 is 0 Å². The van der Waals surface area contributed by atoms with Gasteiger partial charge in [-0.15, -0.1) is 0 Å². The summed E-state index contributed by atoms with van der Waals surface area (Å²) >= 11 is 0. The minimum Gasteiger partial charge on any atom is -0.491 e. The summed E-state index contributed by atoms with van der Waals surface area (Å²) in [5.41, 5.74) is 3.77. The molecule has 0 radical (unpaired) electrons. The first-order valence-corrected chi connectivity index (χ1v) is 10.3. The summed E-state index contributed by atoms with van der Waals surface area (Å²) in [6.45, 7) is 7.11. The van der Waals surface area contributed by atoms with Gasteiger partial charge in [-0.05, 0) is 74.8 Å². The highest BCUT2D eigenvalue weighted by Crippen LogP contribution is 2.16. The van der Waals surface area contributed by atoms with E-state index in [0.717, 1.165) is 31.9 Å². The fourth-order valence-corrected chi connectivity index (χ4v) is 3.71. The lowest BCUT2D eigenvalue weighted by Crippen LogP contribution is -2.38. The standard InChI is InChI=1S/C23H33N3O2/c1-19-14-24-11-10-21(19)16-25(2)15-20-6-8-23(9-7-20)28-18-22(27)17-26-12-4-3-5-13-26/h6-11,14,22,27H,3-5,12-13,15-18H2,1-2H3/t22-/m1/s1. The number of hydrogen-bond acceptors (Lipinski definition) is 5. The number of likely N-dealkylation sites (tertiary alicyclic amines) is 1. The number of aryl methyl sites for hydroxylation is 1. The summed E-state index contributed by atoms with van der Waals surface area (Å²) in [6.07, 6.45) is 7.12. The first-order chi connectivity index (χ1) is 13.6. The maximum atomic E-state index is 10.2. The van der Waals surface area contributed by atoms with Crippen LogP contribution in [-0.4, -0.2) is 59.3 Å². The Morgan fingerprint density at radius 1 is 1.11 bits per heavy atom. The Balaban J connectivity index is 1.42. The fraction of sp³-hybridized carbons (Fsp3) is 0.522. The topological polar surface area (TPSA) is 48.8 Å². The number of β-amino-alcohol motifs (C(OH)–C–C–N with tert-alkyl or cyclic N) is 1. The molecule has 5 heteroatoms. The Kier molecular flexibility index (Phi) is 7.83. The van der Waals surface area contributed by atoms with Crippen LogP contribution in [0, 0.1) is 6.92 Å². The maximum Gasteiger partial charge on any atom is 0.119 e. The fourth-order valence-electron chi connectivity index (χ4n) is 3.71. The summed E-state index contributed by atoms with van der Waals surface area (Å²) in [4.78, 5) is 8.78. The van der Waals surface area contributed by atoms with Gasteiger partial charge in [-0.25, -0.2) is 0 Å². The summed E-state index contributed by atoms with van der Waals surface area (Å²) in [6, 6.07) is 10.3. The molecule has 1 atom stereocenters. The van der Waals surface area contributed by atoms with Crippen LogP contribution < -0.4 is 4.74 Å². The first kappa shape index (κ1) is 20.8. The second-order valence-corrected chi connectivity index (χ2v) is 7.94. The number of aromatic nitrogens is 1. The second kappa shape index (κ2) is 10.6. The van der Waals surface area contributed by atoms with Crippen molar-refractivity contribution in [3.63, 3.8) is 0 Å². The van der Waals surface area contributed by atoms with Crippen molar-refractivity contribution in [2.24, 2.45) is 0 Å². The minimum atomic E-state index is -0.437. The summed E-state index contributed by atoms with van der Waals surface area (Å²) < 4.78 is 5.78. The van der Waals surface area contributed by atoms with Gasteiger partial charge in [0.25, 0.3) is 0 Å². The van der Waals surface area contributed by atoms with Crippen molar-refractivity contribution < 1.29 is 9.84 Å². The van der Waals surface area contributed by atoms with Crippen molar-refractivity contribution in [2.45, 2.75) is 45.4 Å². The number of nitrogens with zero attached hydrogens (tertiary/aromatic N) is 3. The molecule has 1 aromatic carbocycles. The number of piperidine rings is 1. The van der Waals surface area contributed by atoms with Gasteiger partial charge in [0.15, 0.2) is 0 Å². The molecular weight excluding hydrogens is 350 g/mol. The van der Waals surface area contributed by atoms with Crippen molar-refractivity contribution in [1.82, 2.24) is 14.8 Å². The molecule has 1 fully saturated rings. The van der Waals surface area contributed by atoms with E-state index in [1.165, 1.54) is 36.0 Å². The number of benzene rings is 1. The molecule has 0 unspecified atom stereocenters. The molecular formula is C23H33N3O2. The molecule has 2 aromatic rings. The molecule has 1 aromatic heterocycles. The van der Waals surface area contributed by atoms with Crippen LogP contribution in [0.15, 0.2) is 42.7 Å². The van der Waals surface area contributed by atoms with Crippen molar-refractivity contribution in [3.05, 3.63) is 59.4 Å². The zero-order valence-electron chi connectivity index (χ0n) is 17.2. The molecule has 0 amide bonds. The Hall–Kier alpha value is -1.95. The van der Waals surface area contributed by atoms with E-state index in [4.69, 9.17) is 4.74 Å². The maximum absolute atomic E-state index is 10.2. The number of hydrogen-bond donors (Lipinski definition) is 1. The second-order valence-electron chi connectivity index (χ2n) is 7.94. The van der Waals surface area contributed by atoms with Gasteiger partial charge in [-0.2, -0.15) is 0 Å². The SMILES string of the molecule is Cc1cnccc1CN(C)Cc1ccc(OC[C@H](O)CN2CCCCC2)cc1. The van der Waals surface area contributed by atoms with Gasteiger partial charge < -0.3 is 14.7 Å². The molecule has 1 N–H and O–H groups in total. The third-order valence-corrected chi connectivity index (χ3v) is 5.31. The largest absolute Gasteiger partial charge is 0.491 e. The van der Waals surface area contributed by atoms with Crippen LogP contribution in [-0.2, 0) is 13.1 Å². The number of ether oxygens (including phenoxy) is 1. The van der Waals surface area contributed by atoms with Crippen LogP contribution in [0.1, 0.15) is 36.0 Å². The van der Waals surface area contributed by atoms with E-state index in [1.807, 2.05) is 24.5 Å². The van der Waals surface area contributed by atoms with Crippen molar-refractivity contribution in [3.8, 4) is 5.75 Å². The normalized spacial score (nSPS) is 16.3. The molecule has 0 saturated carbocycles. The third-order valence-electron chi connectivity index (χ3n) is 5.31. The predicted octanol–water partition coefficient (Wildman–Crippen LogP) is 3.25. The number of rotatable bonds is 9. The van der Waals surface area contributed by atoms with Crippen LogP contribution in [0.5, 0.6) is 5.75 Å². The molecule has 1 aliphatic heterocycles. The highest BCUT2D eigenvalue weighted by Gasteiger charge is 2.15. The zero-order valence-corrected chi connectivity index (χ0v) is 17.2. The Labute approximate surface area is 169 Å². The summed E-state index contributed by atoms with van der Waals surface area (Å²) in [5.74, 6) is 0.814. The van der Waals surface area contributed by atoms with E-state index in [-0.39, 0.29) is 0 Å². The van der Waals surface area contributed by atoms with Gasteiger partial charge in [-0.3, -0.25) is 9.88 Å². The molecule has 0 bridgehead atoms. The Morgan fingerprint density at radius 3 is 2.57 bits per heavy atom. The lowest BCUT2D eigenvalue weighted by Gasteiger charge is -2.28. The van der Waals surface area contributed by atoms with Gasteiger partial charge in [0.2, 0.25) is 0 Å². The summed E-state index contributed by atoms with van der Waals surface area (Å²) in [7, 11) is 2.13. The van der Waals surface area contributed by atoms with E-state index >= 15 is 0 Å². The smallest absolute Gasteiger partial charge is 0.119 e. The van der Waals surface area contributed by atoms with Gasteiger partial charge in [0.1, 0.15) is 18.5 Å². The van der Waals surface area contributed by atoms with Crippen molar-refractivity contribution in [1.29, 1.82) is 0 Å². The number of aliphatic hydroxyl groups excluding tert-OH is 1. The molecule has 5 nitrogen and oxygen atoms in total. The minimum absolute atomic E-state index is 0.344. The monoisotopic (exact) mass is 383 g/mol. The lowest BCUT2D eigenvalue weighted by molar-refractivity contribution is 0.0617. The van der Waals surface area contributed by atoms with Crippen LogP contribution in [0.3, 0.4) is 0 Å². The Morgan fingerprint density at radius 2 is 1.86 bits per heavy atom. The highest BCUT2D eigenvalue weighted by atomic mass is 16.5. The molecule has 0 spiro atoms. The Bertz CT molecular complexity index is 714. The van der Waals surface area contributed by atoms with E-state index in [1.54, 1.807) is 0 Å². The van der Waals surface area contributed by atoms with Crippen molar-refractivity contribution >= 4 is 0 Å². The zero-order chi connectivity index (χ0) is 19.8. The first-order valence-electron chi connectivity index (χ1n) is 10.3. The van der Waals surface area contributed by atoms with Crippen LogP contribution in [0.2, 0.25) is 0 Å². The third kappa shape index (κ3) is 6.59. The predicted molar refractivity (Wildman–Crippen MR) is 112 cm³/mol. The molecule has 3 rings (SSSR count). The van der Waals surface area contributed by atoms with Gasteiger partial charge >= 0.3 is 0 Å². The quantitative estimate of drug-likeness (QED) is 0.720. The van der Waals surface area contributed by atoms with Crippen LogP contribution in [0.4, 0.5) is 0 Å². The molecule has 152 valence electrons. The van der Waals surface area contributed by atoms with E-state index in [0.29, 0.717) is 13.2 Å². The average Bonchev–Trinajstić information content (AvgIpc) is 2.70. The highest BCUT2D eigenvalue weighted by molar-refractivity contribution is 5.27. The molecule has 1 aliphatic rings. The van der Waals surface area contributed by atoms with E-state index < -0.39 is 6.10 Å².